The minimum atomic E-state index is -0.178. The van der Waals surface area contributed by atoms with Crippen LogP contribution in [-0.4, -0.2) is 51.3 Å². The molecule has 0 heterocycles. The zero-order chi connectivity index (χ0) is 11.5. The van der Waals surface area contributed by atoms with E-state index in [2.05, 4.69) is 16.6 Å². The standard InChI is InChI=1S/C11H23NO3/c1-4-5-6-7-12(8-9-14-2)10-11(13)15-3/h4-10H2,1-3H3. The van der Waals surface area contributed by atoms with Gasteiger partial charge in [-0.05, 0) is 13.0 Å². The van der Waals surface area contributed by atoms with Crippen molar-refractivity contribution in [1.82, 2.24) is 4.90 Å². The molecule has 0 aromatic carbocycles. The summed E-state index contributed by atoms with van der Waals surface area (Å²) in [5.41, 5.74) is 0. The van der Waals surface area contributed by atoms with E-state index >= 15 is 0 Å². The Morgan fingerprint density at radius 1 is 1.20 bits per heavy atom. The Hall–Kier alpha value is -0.610. The van der Waals surface area contributed by atoms with Gasteiger partial charge in [0.2, 0.25) is 0 Å². The van der Waals surface area contributed by atoms with Crippen LogP contribution in [0.25, 0.3) is 0 Å². The van der Waals surface area contributed by atoms with Crippen molar-refractivity contribution in [3.8, 4) is 0 Å². The fourth-order valence-electron chi connectivity index (χ4n) is 1.32. The van der Waals surface area contributed by atoms with Gasteiger partial charge in [0.15, 0.2) is 0 Å². The number of ether oxygens (including phenoxy) is 2. The van der Waals surface area contributed by atoms with Gasteiger partial charge in [-0.1, -0.05) is 19.8 Å². The maximum Gasteiger partial charge on any atom is 0.319 e. The average molecular weight is 217 g/mol. The van der Waals surface area contributed by atoms with Crippen molar-refractivity contribution in [3.63, 3.8) is 0 Å². The fourth-order valence-corrected chi connectivity index (χ4v) is 1.32. The molecule has 4 nitrogen and oxygen atoms in total. The summed E-state index contributed by atoms with van der Waals surface area (Å²) < 4.78 is 9.65. The Morgan fingerprint density at radius 2 is 1.93 bits per heavy atom. The number of esters is 1. The second kappa shape index (κ2) is 9.93. The molecular formula is C11H23NO3. The zero-order valence-corrected chi connectivity index (χ0v) is 10.1. The van der Waals surface area contributed by atoms with Crippen LogP contribution in [0, 0.1) is 0 Å². The largest absolute Gasteiger partial charge is 0.468 e. The first-order valence-electron chi connectivity index (χ1n) is 5.52. The third kappa shape index (κ3) is 8.39. The molecule has 0 aromatic heterocycles. The molecule has 0 spiro atoms. The van der Waals surface area contributed by atoms with Crippen molar-refractivity contribution in [3.05, 3.63) is 0 Å². The van der Waals surface area contributed by atoms with E-state index in [0.717, 1.165) is 19.5 Å². The van der Waals surface area contributed by atoms with Gasteiger partial charge < -0.3 is 9.47 Å². The summed E-state index contributed by atoms with van der Waals surface area (Å²) in [7, 11) is 3.09. The van der Waals surface area contributed by atoms with Crippen LogP contribution in [0.3, 0.4) is 0 Å². The Morgan fingerprint density at radius 3 is 2.47 bits per heavy atom. The molecule has 0 rings (SSSR count). The topological polar surface area (TPSA) is 38.8 Å². The van der Waals surface area contributed by atoms with Crippen molar-refractivity contribution in [1.29, 1.82) is 0 Å². The maximum atomic E-state index is 11.1. The molecule has 15 heavy (non-hydrogen) atoms. The lowest BCUT2D eigenvalue weighted by Crippen LogP contribution is -2.34. The highest BCUT2D eigenvalue weighted by atomic mass is 16.5. The van der Waals surface area contributed by atoms with Gasteiger partial charge in [-0.15, -0.1) is 0 Å². The predicted octanol–water partition coefficient (Wildman–Crippen LogP) is 1.30. The van der Waals surface area contributed by atoms with Crippen molar-refractivity contribution in [2.45, 2.75) is 26.2 Å². The zero-order valence-electron chi connectivity index (χ0n) is 10.1. The number of methoxy groups -OCH3 is 2. The number of rotatable bonds is 9. The number of unbranched alkanes of at least 4 members (excludes halogenated alkanes) is 2. The van der Waals surface area contributed by atoms with Gasteiger partial charge in [0.25, 0.3) is 0 Å². The maximum absolute atomic E-state index is 11.1. The molecule has 4 heteroatoms. The van der Waals surface area contributed by atoms with Crippen LogP contribution in [0.2, 0.25) is 0 Å². The summed E-state index contributed by atoms with van der Waals surface area (Å²) in [5, 5.41) is 0. The van der Waals surface area contributed by atoms with E-state index in [1.54, 1.807) is 7.11 Å². The smallest absolute Gasteiger partial charge is 0.319 e. The van der Waals surface area contributed by atoms with Crippen LogP contribution in [0.5, 0.6) is 0 Å². The highest BCUT2D eigenvalue weighted by molar-refractivity contribution is 5.71. The monoisotopic (exact) mass is 217 g/mol. The Kier molecular flexibility index (Phi) is 9.52. The van der Waals surface area contributed by atoms with Crippen molar-refractivity contribution >= 4 is 5.97 Å². The molecule has 0 fully saturated rings. The van der Waals surface area contributed by atoms with Crippen LogP contribution >= 0.6 is 0 Å². The molecule has 0 radical (unpaired) electrons. The highest BCUT2D eigenvalue weighted by Gasteiger charge is 2.09. The van der Waals surface area contributed by atoms with Gasteiger partial charge in [0.05, 0.1) is 20.3 Å². The SMILES string of the molecule is CCCCCN(CCOC)CC(=O)OC. The molecule has 0 amide bonds. The van der Waals surface area contributed by atoms with E-state index in [1.807, 2.05) is 0 Å². The predicted molar refractivity (Wildman–Crippen MR) is 59.9 cm³/mol. The van der Waals surface area contributed by atoms with Crippen LogP contribution < -0.4 is 0 Å². The first-order chi connectivity index (χ1) is 7.24. The average Bonchev–Trinajstić information content (AvgIpc) is 2.25. The Bertz CT molecular complexity index is 162. The van der Waals surface area contributed by atoms with Gasteiger partial charge >= 0.3 is 5.97 Å². The molecule has 0 aliphatic rings. The van der Waals surface area contributed by atoms with Gasteiger partial charge in [0.1, 0.15) is 0 Å². The van der Waals surface area contributed by atoms with E-state index in [0.29, 0.717) is 13.2 Å². The second-order valence-electron chi connectivity index (χ2n) is 3.55. The van der Waals surface area contributed by atoms with E-state index < -0.39 is 0 Å². The fraction of sp³-hybridized carbons (Fsp3) is 0.909. The van der Waals surface area contributed by atoms with Crippen LogP contribution in [0.15, 0.2) is 0 Å². The van der Waals surface area contributed by atoms with Gasteiger partial charge in [-0.25, -0.2) is 0 Å². The number of carbonyl (C=O) groups excluding carboxylic acids is 1. The Balaban J connectivity index is 3.77. The minimum absolute atomic E-state index is 0.178. The number of hydrogen-bond donors (Lipinski definition) is 0. The summed E-state index contributed by atoms with van der Waals surface area (Å²) in [6.45, 7) is 4.91. The van der Waals surface area contributed by atoms with E-state index in [4.69, 9.17) is 4.74 Å². The minimum Gasteiger partial charge on any atom is -0.468 e. The van der Waals surface area contributed by atoms with Crippen molar-refractivity contribution in [2.24, 2.45) is 0 Å². The first-order valence-corrected chi connectivity index (χ1v) is 5.52. The molecule has 90 valence electrons. The third-order valence-corrected chi connectivity index (χ3v) is 2.27. The summed E-state index contributed by atoms with van der Waals surface area (Å²) in [5.74, 6) is -0.178. The normalized spacial score (nSPS) is 10.7. The summed E-state index contributed by atoms with van der Waals surface area (Å²) in [6, 6.07) is 0. The quantitative estimate of drug-likeness (QED) is 0.431. The molecule has 0 saturated heterocycles. The van der Waals surface area contributed by atoms with Crippen LogP contribution in [0.1, 0.15) is 26.2 Å². The third-order valence-electron chi connectivity index (χ3n) is 2.27. The highest BCUT2D eigenvalue weighted by Crippen LogP contribution is 1.98. The lowest BCUT2D eigenvalue weighted by atomic mass is 10.2. The second-order valence-corrected chi connectivity index (χ2v) is 3.55. The van der Waals surface area contributed by atoms with Crippen molar-refractivity contribution in [2.75, 3.05) is 40.5 Å². The first kappa shape index (κ1) is 14.4. The number of hydrogen-bond acceptors (Lipinski definition) is 4. The molecule has 0 bridgehead atoms. The Labute approximate surface area is 92.5 Å². The van der Waals surface area contributed by atoms with E-state index in [9.17, 15) is 4.79 Å². The molecule has 0 saturated carbocycles. The van der Waals surface area contributed by atoms with E-state index in [-0.39, 0.29) is 5.97 Å². The molecule has 0 aliphatic carbocycles. The van der Waals surface area contributed by atoms with Gasteiger partial charge in [-0.3, -0.25) is 9.69 Å². The molecule has 0 aromatic rings. The summed E-state index contributed by atoms with van der Waals surface area (Å²) in [6.07, 6.45) is 3.51. The van der Waals surface area contributed by atoms with Gasteiger partial charge in [-0.2, -0.15) is 0 Å². The van der Waals surface area contributed by atoms with Crippen LogP contribution in [-0.2, 0) is 14.3 Å². The molecule has 0 atom stereocenters. The summed E-state index contributed by atoms with van der Waals surface area (Å²) >= 11 is 0. The lowest BCUT2D eigenvalue weighted by Gasteiger charge is -2.20. The van der Waals surface area contributed by atoms with Gasteiger partial charge in [0, 0.05) is 13.7 Å². The summed E-state index contributed by atoms with van der Waals surface area (Å²) in [4.78, 5) is 13.2. The van der Waals surface area contributed by atoms with Crippen LogP contribution in [0.4, 0.5) is 0 Å². The number of nitrogens with zero attached hydrogens (tertiary/aromatic N) is 1. The lowest BCUT2D eigenvalue weighted by molar-refractivity contribution is -0.142. The van der Waals surface area contributed by atoms with Crippen molar-refractivity contribution < 1.29 is 14.3 Å². The molecule has 0 unspecified atom stereocenters. The molecular weight excluding hydrogens is 194 g/mol. The molecule has 0 N–H and O–H groups in total. The molecule has 0 aliphatic heterocycles. The van der Waals surface area contributed by atoms with E-state index in [1.165, 1.54) is 20.0 Å². The number of carbonyl (C=O) groups is 1.